The van der Waals surface area contributed by atoms with Crippen LogP contribution in [0.2, 0.25) is 0 Å². The van der Waals surface area contributed by atoms with Gasteiger partial charge in [0.05, 0.1) is 23.7 Å². The first-order valence-corrected chi connectivity index (χ1v) is 8.11. The lowest BCUT2D eigenvalue weighted by Crippen LogP contribution is -2.75. The van der Waals surface area contributed by atoms with Crippen LogP contribution >= 0.6 is 0 Å². The topological polar surface area (TPSA) is 93.0 Å². The number of aromatic amines is 1. The molecule has 1 heterocycles. The minimum absolute atomic E-state index is 0.0209. The van der Waals surface area contributed by atoms with Crippen molar-refractivity contribution in [2.24, 2.45) is 11.1 Å². The zero-order chi connectivity index (χ0) is 17.5. The van der Waals surface area contributed by atoms with Crippen LogP contribution in [0.3, 0.4) is 0 Å². The summed E-state index contributed by atoms with van der Waals surface area (Å²) in [6, 6.07) is 4.32. The van der Waals surface area contributed by atoms with E-state index in [0.717, 1.165) is 0 Å². The van der Waals surface area contributed by atoms with E-state index in [4.69, 9.17) is 10.5 Å². The van der Waals surface area contributed by atoms with Crippen molar-refractivity contribution in [1.82, 2.24) is 15.3 Å². The molecule has 0 aliphatic heterocycles. The third-order valence-corrected chi connectivity index (χ3v) is 5.14. The summed E-state index contributed by atoms with van der Waals surface area (Å²) in [5, 5.41) is 2.83. The highest BCUT2D eigenvalue weighted by molar-refractivity contribution is 5.88. The summed E-state index contributed by atoms with van der Waals surface area (Å²) >= 11 is 0. The molecular weight excluding hydrogens is 311 g/mol. The van der Waals surface area contributed by atoms with Gasteiger partial charge in [0.1, 0.15) is 17.2 Å². The SMILES string of the molecule is CCOC1CC(N)(C(=O)NCc2nc3ccc(F)cc3[nH]2)C1(C)C. The van der Waals surface area contributed by atoms with Crippen LogP contribution in [0, 0.1) is 11.2 Å². The summed E-state index contributed by atoms with van der Waals surface area (Å²) in [4.78, 5) is 19.9. The number of nitrogens with one attached hydrogen (secondary N) is 2. The molecule has 0 bridgehead atoms. The van der Waals surface area contributed by atoms with E-state index in [0.29, 0.717) is 29.9 Å². The molecule has 3 rings (SSSR count). The number of hydrogen-bond donors (Lipinski definition) is 3. The maximum atomic E-state index is 13.2. The molecular formula is C17H23FN4O2. The van der Waals surface area contributed by atoms with Gasteiger partial charge in [-0.15, -0.1) is 0 Å². The van der Waals surface area contributed by atoms with Gasteiger partial charge < -0.3 is 20.8 Å². The highest BCUT2D eigenvalue weighted by Crippen LogP contribution is 2.49. The van der Waals surface area contributed by atoms with E-state index in [1.165, 1.54) is 12.1 Å². The lowest BCUT2D eigenvalue weighted by Gasteiger charge is -2.57. The number of nitrogens with zero attached hydrogens (tertiary/aromatic N) is 1. The number of benzene rings is 1. The molecule has 2 atom stereocenters. The summed E-state index contributed by atoms with van der Waals surface area (Å²) in [5.74, 6) is 0.00181. The summed E-state index contributed by atoms with van der Waals surface area (Å²) in [6.45, 7) is 6.63. The Kier molecular flexibility index (Phi) is 4.09. The quantitative estimate of drug-likeness (QED) is 0.778. The number of ether oxygens (including phenoxy) is 1. The van der Waals surface area contributed by atoms with Crippen molar-refractivity contribution in [3.8, 4) is 0 Å². The van der Waals surface area contributed by atoms with Crippen LogP contribution in [-0.4, -0.2) is 34.1 Å². The number of aromatic nitrogens is 2. The normalized spacial score (nSPS) is 25.5. The molecule has 1 aliphatic carbocycles. The number of imidazole rings is 1. The molecule has 1 saturated carbocycles. The fraction of sp³-hybridized carbons (Fsp3) is 0.529. The largest absolute Gasteiger partial charge is 0.378 e. The maximum Gasteiger partial charge on any atom is 0.241 e. The maximum absolute atomic E-state index is 13.2. The number of H-pyrrole nitrogens is 1. The molecule has 1 fully saturated rings. The highest BCUT2D eigenvalue weighted by atomic mass is 19.1. The number of amides is 1. The number of hydrogen-bond acceptors (Lipinski definition) is 4. The molecule has 0 radical (unpaired) electrons. The third kappa shape index (κ3) is 2.57. The number of carbonyl (C=O) groups is 1. The van der Waals surface area contributed by atoms with Crippen molar-refractivity contribution < 1.29 is 13.9 Å². The van der Waals surface area contributed by atoms with E-state index in [1.807, 2.05) is 20.8 Å². The molecule has 7 heteroatoms. The zero-order valence-electron chi connectivity index (χ0n) is 14.1. The average molecular weight is 334 g/mol. The summed E-state index contributed by atoms with van der Waals surface area (Å²) < 4.78 is 18.8. The second-order valence-electron chi connectivity index (χ2n) is 6.87. The van der Waals surface area contributed by atoms with Gasteiger partial charge in [-0.2, -0.15) is 0 Å². The van der Waals surface area contributed by atoms with Gasteiger partial charge in [0, 0.05) is 18.4 Å². The lowest BCUT2D eigenvalue weighted by atomic mass is 9.54. The molecule has 1 aromatic heterocycles. The van der Waals surface area contributed by atoms with Crippen LogP contribution < -0.4 is 11.1 Å². The van der Waals surface area contributed by atoms with Gasteiger partial charge >= 0.3 is 0 Å². The zero-order valence-corrected chi connectivity index (χ0v) is 14.1. The highest BCUT2D eigenvalue weighted by Gasteiger charge is 2.62. The monoisotopic (exact) mass is 334 g/mol. The van der Waals surface area contributed by atoms with Crippen LogP contribution in [0.4, 0.5) is 4.39 Å². The Balaban J connectivity index is 1.66. The predicted octanol–water partition coefficient (Wildman–Crippen LogP) is 1.85. The Bertz CT molecular complexity index is 773. The third-order valence-electron chi connectivity index (χ3n) is 5.14. The average Bonchev–Trinajstić information content (AvgIpc) is 2.94. The van der Waals surface area contributed by atoms with E-state index in [1.54, 1.807) is 6.07 Å². The van der Waals surface area contributed by atoms with Crippen LogP contribution in [0.25, 0.3) is 11.0 Å². The fourth-order valence-electron chi connectivity index (χ4n) is 3.26. The van der Waals surface area contributed by atoms with E-state index >= 15 is 0 Å². The van der Waals surface area contributed by atoms with Gasteiger partial charge in [-0.1, -0.05) is 13.8 Å². The van der Waals surface area contributed by atoms with Gasteiger partial charge in [-0.3, -0.25) is 4.79 Å². The molecule has 0 saturated heterocycles. The number of carbonyl (C=O) groups excluding carboxylic acids is 1. The second-order valence-corrected chi connectivity index (χ2v) is 6.87. The number of fused-ring (bicyclic) bond motifs is 1. The Morgan fingerprint density at radius 3 is 2.96 bits per heavy atom. The first-order chi connectivity index (χ1) is 11.3. The number of rotatable bonds is 5. The Labute approximate surface area is 140 Å². The van der Waals surface area contributed by atoms with E-state index in [2.05, 4.69) is 15.3 Å². The van der Waals surface area contributed by atoms with Crippen molar-refractivity contribution >= 4 is 16.9 Å². The standard InChI is InChI=1S/C17H23FN4O2/c1-4-24-13-8-17(19,16(13,2)3)15(23)20-9-14-21-11-6-5-10(18)7-12(11)22-14/h5-7,13H,4,8-9,19H2,1-3H3,(H,20,23)(H,21,22). The van der Waals surface area contributed by atoms with Gasteiger partial charge in [0.25, 0.3) is 0 Å². The first kappa shape index (κ1) is 16.9. The molecule has 2 aromatic rings. The van der Waals surface area contributed by atoms with Crippen LogP contribution in [0.5, 0.6) is 0 Å². The smallest absolute Gasteiger partial charge is 0.241 e. The Hall–Kier alpha value is -1.99. The number of halogens is 1. The minimum atomic E-state index is -0.967. The van der Waals surface area contributed by atoms with Crippen LogP contribution in [0.15, 0.2) is 18.2 Å². The molecule has 2 unspecified atom stereocenters. The Morgan fingerprint density at radius 1 is 1.54 bits per heavy atom. The van der Waals surface area contributed by atoms with Crippen molar-refractivity contribution in [1.29, 1.82) is 0 Å². The van der Waals surface area contributed by atoms with Crippen LogP contribution in [-0.2, 0) is 16.1 Å². The van der Waals surface area contributed by atoms with E-state index < -0.39 is 11.0 Å². The minimum Gasteiger partial charge on any atom is -0.378 e. The van der Waals surface area contributed by atoms with E-state index in [-0.39, 0.29) is 24.4 Å². The second kappa shape index (κ2) is 5.82. The van der Waals surface area contributed by atoms with Crippen molar-refractivity contribution in [2.75, 3.05) is 6.61 Å². The van der Waals surface area contributed by atoms with Crippen LogP contribution in [0.1, 0.15) is 33.0 Å². The van der Waals surface area contributed by atoms with Gasteiger partial charge in [-0.25, -0.2) is 9.37 Å². The molecule has 130 valence electrons. The van der Waals surface area contributed by atoms with Crippen molar-refractivity contribution in [3.05, 3.63) is 29.8 Å². The molecule has 6 nitrogen and oxygen atoms in total. The summed E-state index contributed by atoms with van der Waals surface area (Å²) in [7, 11) is 0. The molecule has 24 heavy (non-hydrogen) atoms. The molecule has 1 aromatic carbocycles. The van der Waals surface area contributed by atoms with E-state index in [9.17, 15) is 9.18 Å². The van der Waals surface area contributed by atoms with Gasteiger partial charge in [0.15, 0.2) is 0 Å². The fourth-order valence-corrected chi connectivity index (χ4v) is 3.26. The molecule has 4 N–H and O–H groups in total. The summed E-state index contributed by atoms with van der Waals surface area (Å²) in [5.41, 5.74) is 6.18. The predicted molar refractivity (Wildman–Crippen MR) is 88.6 cm³/mol. The number of nitrogens with two attached hydrogens (primary N) is 1. The lowest BCUT2D eigenvalue weighted by molar-refractivity contribution is -0.170. The summed E-state index contributed by atoms with van der Waals surface area (Å²) in [6.07, 6.45) is 0.470. The van der Waals surface area contributed by atoms with Crippen molar-refractivity contribution in [3.63, 3.8) is 0 Å². The van der Waals surface area contributed by atoms with Crippen molar-refractivity contribution in [2.45, 2.75) is 45.4 Å². The van der Waals surface area contributed by atoms with Gasteiger partial charge in [-0.05, 0) is 25.1 Å². The van der Waals surface area contributed by atoms with Gasteiger partial charge in [0.2, 0.25) is 5.91 Å². The molecule has 1 aliphatic rings. The first-order valence-electron chi connectivity index (χ1n) is 8.11. The molecule has 0 spiro atoms. The molecule has 1 amide bonds. The Morgan fingerprint density at radius 2 is 2.29 bits per heavy atom.